The molecule has 4 rings (SSSR count). The van der Waals surface area contributed by atoms with Gasteiger partial charge in [0.1, 0.15) is 5.82 Å². The lowest BCUT2D eigenvalue weighted by Gasteiger charge is -2.35. The van der Waals surface area contributed by atoms with Gasteiger partial charge in [-0.25, -0.2) is 9.97 Å². The van der Waals surface area contributed by atoms with Gasteiger partial charge in [-0.1, -0.05) is 6.92 Å². The molecule has 1 aromatic carbocycles. The highest BCUT2D eigenvalue weighted by Gasteiger charge is 2.26. The van der Waals surface area contributed by atoms with Crippen LogP contribution >= 0.6 is 11.3 Å². The molecule has 0 fully saturated rings. The summed E-state index contributed by atoms with van der Waals surface area (Å²) in [5.41, 5.74) is 3.20. The predicted octanol–water partition coefficient (Wildman–Crippen LogP) is 4.80. The molecule has 2 aromatic heterocycles. The molecule has 0 amide bonds. The fourth-order valence-corrected chi connectivity index (χ4v) is 4.46. The molecule has 0 radical (unpaired) electrons. The summed E-state index contributed by atoms with van der Waals surface area (Å²) < 4.78 is 0. The number of nitrogens with zero attached hydrogens (tertiary/aromatic N) is 4. The van der Waals surface area contributed by atoms with Crippen LogP contribution in [-0.4, -0.2) is 21.4 Å². The number of aromatic nitrogens is 2. The lowest BCUT2D eigenvalue weighted by molar-refractivity contribution is -0.384. The van der Waals surface area contributed by atoms with Gasteiger partial charge in [-0.2, -0.15) is 0 Å². The molecule has 6 nitrogen and oxygen atoms in total. The molecule has 3 aromatic rings. The van der Waals surface area contributed by atoms with Crippen LogP contribution in [0.1, 0.15) is 36.0 Å². The highest BCUT2D eigenvalue weighted by atomic mass is 32.1. The maximum absolute atomic E-state index is 10.9. The molecule has 1 aliphatic heterocycles. The minimum Gasteiger partial charge on any atom is -0.349 e. The summed E-state index contributed by atoms with van der Waals surface area (Å²) in [6.07, 6.45) is 1.83. The second-order valence-electron chi connectivity index (χ2n) is 6.62. The van der Waals surface area contributed by atoms with Crippen LogP contribution in [0, 0.1) is 10.1 Å². The third kappa shape index (κ3) is 3.30. The fraction of sp³-hybridized carbons (Fsp3) is 0.300. The van der Waals surface area contributed by atoms with Gasteiger partial charge in [-0.3, -0.25) is 10.1 Å². The van der Waals surface area contributed by atoms with Crippen LogP contribution in [0.2, 0.25) is 0 Å². The number of thiophene rings is 1. The first-order valence-electron chi connectivity index (χ1n) is 9.02. The molecule has 0 bridgehead atoms. The van der Waals surface area contributed by atoms with Gasteiger partial charge in [0.2, 0.25) is 0 Å². The van der Waals surface area contributed by atoms with Crippen molar-refractivity contribution >= 4 is 22.8 Å². The van der Waals surface area contributed by atoms with Crippen LogP contribution in [0.3, 0.4) is 0 Å². The van der Waals surface area contributed by atoms with Gasteiger partial charge in [0.05, 0.1) is 11.0 Å². The predicted molar refractivity (Wildman–Crippen MR) is 107 cm³/mol. The van der Waals surface area contributed by atoms with Gasteiger partial charge in [0.25, 0.3) is 5.69 Å². The molecule has 27 heavy (non-hydrogen) atoms. The van der Waals surface area contributed by atoms with Crippen LogP contribution in [0.5, 0.6) is 0 Å². The van der Waals surface area contributed by atoms with Crippen molar-refractivity contribution in [3.8, 4) is 11.4 Å². The van der Waals surface area contributed by atoms with Crippen LogP contribution in [0.15, 0.2) is 41.8 Å². The average molecular weight is 380 g/mol. The molecule has 0 spiro atoms. The average Bonchev–Trinajstić information content (AvgIpc) is 3.17. The Morgan fingerprint density at radius 3 is 2.74 bits per heavy atom. The monoisotopic (exact) mass is 380 g/mol. The van der Waals surface area contributed by atoms with Crippen molar-refractivity contribution in [2.45, 2.75) is 32.7 Å². The number of aryl methyl sites for hydroxylation is 1. The molecule has 0 saturated heterocycles. The second kappa shape index (κ2) is 7.08. The number of nitro groups is 1. The number of hydrogen-bond donors (Lipinski definition) is 0. The van der Waals surface area contributed by atoms with E-state index in [1.165, 1.54) is 22.6 Å². The summed E-state index contributed by atoms with van der Waals surface area (Å²) in [6, 6.07) is 11.0. The van der Waals surface area contributed by atoms with Crippen molar-refractivity contribution in [3.05, 3.63) is 68.0 Å². The molecule has 138 valence electrons. The van der Waals surface area contributed by atoms with Crippen LogP contribution in [-0.2, 0) is 12.8 Å². The van der Waals surface area contributed by atoms with E-state index in [2.05, 4.69) is 41.2 Å². The Labute approximate surface area is 161 Å². The zero-order chi connectivity index (χ0) is 19.0. The topological polar surface area (TPSA) is 72.2 Å². The van der Waals surface area contributed by atoms with Gasteiger partial charge in [0, 0.05) is 40.9 Å². The Morgan fingerprint density at radius 2 is 2.04 bits per heavy atom. The van der Waals surface area contributed by atoms with Crippen LogP contribution in [0.4, 0.5) is 11.5 Å². The fourth-order valence-electron chi connectivity index (χ4n) is 3.50. The van der Waals surface area contributed by atoms with Crippen molar-refractivity contribution in [2.75, 3.05) is 11.4 Å². The van der Waals surface area contributed by atoms with Crippen molar-refractivity contribution in [3.63, 3.8) is 0 Å². The first-order chi connectivity index (χ1) is 13.1. The van der Waals surface area contributed by atoms with E-state index in [0.29, 0.717) is 5.82 Å². The number of benzene rings is 1. The Hall–Kier alpha value is -2.80. The molecule has 0 N–H and O–H groups in total. The van der Waals surface area contributed by atoms with E-state index >= 15 is 0 Å². The second-order valence-corrected chi connectivity index (χ2v) is 7.62. The molecular formula is C20H20N4O2S. The molecule has 0 saturated carbocycles. The number of hydrogen-bond acceptors (Lipinski definition) is 6. The zero-order valence-electron chi connectivity index (χ0n) is 15.3. The molecule has 7 heteroatoms. The summed E-state index contributed by atoms with van der Waals surface area (Å²) in [5, 5.41) is 13.1. The lowest BCUT2D eigenvalue weighted by Crippen LogP contribution is -2.34. The molecule has 0 aliphatic carbocycles. The number of nitro benzene ring substituents is 1. The highest BCUT2D eigenvalue weighted by molar-refractivity contribution is 7.10. The van der Waals surface area contributed by atoms with E-state index in [4.69, 9.17) is 4.98 Å². The molecule has 3 heterocycles. The number of rotatable bonds is 4. The van der Waals surface area contributed by atoms with Gasteiger partial charge in [0.15, 0.2) is 5.82 Å². The number of anilines is 1. The summed E-state index contributed by atoms with van der Waals surface area (Å²) in [7, 11) is 0. The van der Waals surface area contributed by atoms with Gasteiger partial charge < -0.3 is 4.90 Å². The summed E-state index contributed by atoms with van der Waals surface area (Å²) in [5.74, 6) is 1.53. The Balaban J connectivity index is 1.72. The minimum atomic E-state index is -0.396. The standard InChI is InChI=1S/C20H20N4O2S/c1-3-15-12-19(23-10-8-18-17(13(23)2)9-11-27-18)22-20(21-15)14-4-6-16(7-5-14)24(25)26/h4-7,9,11-13H,3,8,10H2,1-2H3. The number of fused-ring (bicyclic) bond motifs is 1. The SMILES string of the molecule is CCc1cc(N2CCc3sccc3C2C)nc(-c2ccc([N+](=O)[O-])cc2)n1. The molecular weight excluding hydrogens is 360 g/mol. The van der Waals surface area contributed by atoms with Gasteiger partial charge >= 0.3 is 0 Å². The van der Waals surface area contributed by atoms with Crippen molar-refractivity contribution in [1.82, 2.24) is 9.97 Å². The Kier molecular flexibility index (Phi) is 4.61. The van der Waals surface area contributed by atoms with E-state index in [-0.39, 0.29) is 11.7 Å². The minimum absolute atomic E-state index is 0.0697. The quantitative estimate of drug-likeness (QED) is 0.480. The Morgan fingerprint density at radius 1 is 1.26 bits per heavy atom. The van der Waals surface area contributed by atoms with E-state index in [1.54, 1.807) is 12.1 Å². The maximum atomic E-state index is 10.9. The largest absolute Gasteiger partial charge is 0.349 e. The lowest BCUT2D eigenvalue weighted by atomic mass is 10.0. The Bertz CT molecular complexity index is 984. The first kappa shape index (κ1) is 17.6. The highest BCUT2D eigenvalue weighted by Crippen LogP contribution is 2.36. The van der Waals surface area contributed by atoms with Gasteiger partial charge in [-0.15, -0.1) is 11.3 Å². The third-order valence-corrected chi connectivity index (χ3v) is 6.03. The number of non-ortho nitro benzene ring substituents is 1. The van der Waals surface area contributed by atoms with Gasteiger partial charge in [-0.05, 0) is 48.9 Å². The maximum Gasteiger partial charge on any atom is 0.269 e. The van der Waals surface area contributed by atoms with E-state index < -0.39 is 4.92 Å². The van der Waals surface area contributed by atoms with Crippen molar-refractivity contribution in [2.24, 2.45) is 0 Å². The van der Waals surface area contributed by atoms with E-state index in [9.17, 15) is 10.1 Å². The molecule has 1 unspecified atom stereocenters. The normalized spacial score (nSPS) is 16.2. The molecule has 1 aliphatic rings. The van der Waals surface area contributed by atoms with Crippen molar-refractivity contribution < 1.29 is 4.92 Å². The van der Waals surface area contributed by atoms with Crippen molar-refractivity contribution in [1.29, 1.82) is 0 Å². The van der Waals surface area contributed by atoms with E-state index in [1.807, 2.05) is 11.3 Å². The summed E-state index contributed by atoms with van der Waals surface area (Å²) in [6.45, 7) is 5.21. The molecule has 1 atom stereocenters. The smallest absolute Gasteiger partial charge is 0.269 e. The van der Waals surface area contributed by atoms with Crippen LogP contribution < -0.4 is 4.90 Å². The van der Waals surface area contributed by atoms with Crippen LogP contribution in [0.25, 0.3) is 11.4 Å². The third-order valence-electron chi connectivity index (χ3n) is 5.04. The summed E-state index contributed by atoms with van der Waals surface area (Å²) in [4.78, 5) is 23.7. The first-order valence-corrected chi connectivity index (χ1v) is 9.90. The summed E-state index contributed by atoms with van der Waals surface area (Å²) >= 11 is 1.82. The van der Waals surface area contributed by atoms with E-state index in [0.717, 1.165) is 36.5 Å². The zero-order valence-corrected chi connectivity index (χ0v) is 16.1.